The molecule has 1 atom stereocenters. The Morgan fingerprint density at radius 3 is 2.34 bits per heavy atom. The summed E-state index contributed by atoms with van der Waals surface area (Å²) in [5.74, 6) is -1.57. The predicted octanol–water partition coefficient (Wildman–Crippen LogP) is 4.35. The molecule has 0 radical (unpaired) electrons. The molecule has 2 rings (SSSR count). The van der Waals surface area contributed by atoms with Gasteiger partial charge in [-0.05, 0) is 76.7 Å². The number of carbonyl (C=O) groups excluding carboxylic acids is 4. The zero-order chi connectivity index (χ0) is 23.5. The van der Waals surface area contributed by atoms with Crippen LogP contribution in [0.4, 0.5) is 0 Å². The summed E-state index contributed by atoms with van der Waals surface area (Å²) in [4.78, 5) is 50.9. The van der Waals surface area contributed by atoms with Crippen molar-refractivity contribution in [1.29, 1.82) is 0 Å². The number of nitrogens with one attached hydrogen (secondary N) is 1. The number of benzene rings is 1. The van der Waals surface area contributed by atoms with Crippen LogP contribution in [0.2, 0.25) is 0 Å². The molecule has 0 aliphatic carbocycles. The molecule has 6 heteroatoms. The fourth-order valence-corrected chi connectivity index (χ4v) is 4.36. The van der Waals surface area contributed by atoms with Gasteiger partial charge in [-0.15, -0.1) is 0 Å². The van der Waals surface area contributed by atoms with E-state index in [9.17, 15) is 19.2 Å². The summed E-state index contributed by atoms with van der Waals surface area (Å²) in [7, 11) is 0. The molecular weight excluding hydrogens is 404 g/mol. The minimum absolute atomic E-state index is 0.0186. The van der Waals surface area contributed by atoms with Crippen molar-refractivity contribution in [2.24, 2.45) is 5.92 Å². The van der Waals surface area contributed by atoms with Crippen molar-refractivity contribution in [2.45, 2.75) is 78.6 Å². The van der Waals surface area contributed by atoms with Crippen LogP contribution >= 0.6 is 0 Å². The van der Waals surface area contributed by atoms with Gasteiger partial charge in [-0.1, -0.05) is 32.4 Å². The zero-order valence-corrected chi connectivity index (χ0v) is 19.9. The highest BCUT2D eigenvalue weighted by molar-refractivity contribution is 6.09. The fourth-order valence-electron chi connectivity index (χ4n) is 4.36. The van der Waals surface area contributed by atoms with Crippen LogP contribution in [0.1, 0.15) is 98.4 Å². The van der Waals surface area contributed by atoms with Crippen LogP contribution in [0, 0.1) is 5.92 Å². The molecule has 0 bridgehead atoms. The second-order valence-corrected chi connectivity index (χ2v) is 8.86. The number of aryl methyl sites for hydroxylation is 1. The van der Waals surface area contributed by atoms with Crippen molar-refractivity contribution in [3.8, 4) is 0 Å². The van der Waals surface area contributed by atoms with E-state index in [4.69, 9.17) is 0 Å². The van der Waals surface area contributed by atoms with Crippen LogP contribution in [0.3, 0.4) is 0 Å². The van der Waals surface area contributed by atoms with Crippen molar-refractivity contribution < 1.29 is 19.2 Å². The average molecular weight is 443 g/mol. The van der Waals surface area contributed by atoms with Gasteiger partial charge in [0.2, 0.25) is 11.8 Å². The maximum absolute atomic E-state index is 12.8. The van der Waals surface area contributed by atoms with Gasteiger partial charge in [0.05, 0.1) is 0 Å². The Morgan fingerprint density at radius 2 is 1.72 bits per heavy atom. The van der Waals surface area contributed by atoms with Gasteiger partial charge >= 0.3 is 0 Å². The third-order valence-corrected chi connectivity index (χ3v) is 6.07. The van der Waals surface area contributed by atoms with Crippen LogP contribution in [0.15, 0.2) is 18.2 Å². The molecule has 1 unspecified atom stereocenters. The van der Waals surface area contributed by atoms with E-state index in [1.54, 1.807) is 6.07 Å². The molecule has 2 amide bonds. The molecule has 0 spiro atoms. The maximum Gasteiger partial charge on any atom is 0.230 e. The Bertz CT molecular complexity index is 812. The number of imide groups is 1. The molecule has 1 saturated heterocycles. The largest absolute Gasteiger partial charge is 0.303 e. The van der Waals surface area contributed by atoms with Crippen LogP contribution in [-0.4, -0.2) is 47.9 Å². The fraction of sp³-hybridized carbons (Fsp3) is 0.615. The van der Waals surface area contributed by atoms with Gasteiger partial charge in [0.1, 0.15) is 0 Å². The van der Waals surface area contributed by atoms with Crippen LogP contribution in [-0.2, 0) is 16.0 Å². The van der Waals surface area contributed by atoms with Crippen molar-refractivity contribution >= 4 is 23.4 Å². The molecule has 1 aromatic carbocycles. The van der Waals surface area contributed by atoms with E-state index in [-0.39, 0.29) is 30.3 Å². The average Bonchev–Trinajstić information content (AvgIpc) is 2.75. The number of rotatable bonds is 14. The molecule has 1 heterocycles. The standard InChI is InChI=1S/C26H38N2O4/c1-4-14-28(15-5-2)16-8-6-7-9-20-10-12-22(23(17-20)19(3)29)24(30)18-21-11-13-25(31)27-26(21)32/h10,12,17,21H,4-9,11,13-16,18H2,1-3H3,(H,27,31,32). The smallest absolute Gasteiger partial charge is 0.230 e. The summed E-state index contributed by atoms with van der Waals surface area (Å²) in [6.45, 7) is 9.35. The number of amides is 2. The summed E-state index contributed by atoms with van der Waals surface area (Å²) in [6, 6.07) is 5.48. The Kier molecular flexibility index (Phi) is 10.7. The zero-order valence-electron chi connectivity index (χ0n) is 19.9. The van der Waals surface area contributed by atoms with Crippen molar-refractivity contribution in [3.63, 3.8) is 0 Å². The molecule has 1 fully saturated rings. The number of nitrogens with zero attached hydrogens (tertiary/aromatic N) is 1. The van der Waals surface area contributed by atoms with Crippen LogP contribution < -0.4 is 5.32 Å². The number of Topliss-reactive ketones (excluding diaryl/α,β-unsaturated/α-hetero) is 2. The number of carbonyl (C=O) groups is 4. The number of hydrogen-bond donors (Lipinski definition) is 1. The summed E-state index contributed by atoms with van der Waals surface area (Å²) in [5.41, 5.74) is 1.87. The second-order valence-electron chi connectivity index (χ2n) is 8.86. The topological polar surface area (TPSA) is 83.6 Å². The van der Waals surface area contributed by atoms with Gasteiger partial charge in [-0.25, -0.2) is 0 Å². The highest BCUT2D eigenvalue weighted by Gasteiger charge is 2.29. The first-order valence-electron chi connectivity index (χ1n) is 12.1. The predicted molar refractivity (Wildman–Crippen MR) is 126 cm³/mol. The van der Waals surface area contributed by atoms with E-state index in [0.29, 0.717) is 17.5 Å². The number of unbranched alkanes of at least 4 members (excludes halogenated alkanes) is 2. The minimum atomic E-state index is -0.514. The van der Waals surface area contributed by atoms with Crippen LogP contribution in [0.5, 0.6) is 0 Å². The lowest BCUT2D eigenvalue weighted by Gasteiger charge is -2.20. The van der Waals surface area contributed by atoms with Gasteiger partial charge in [0, 0.05) is 29.9 Å². The molecule has 1 aliphatic rings. The van der Waals surface area contributed by atoms with Gasteiger partial charge in [0.25, 0.3) is 0 Å². The molecule has 0 aromatic heterocycles. The van der Waals surface area contributed by atoms with Gasteiger partial charge < -0.3 is 4.90 Å². The molecule has 176 valence electrons. The third kappa shape index (κ3) is 7.97. The van der Waals surface area contributed by atoms with Gasteiger partial charge in [0.15, 0.2) is 11.6 Å². The van der Waals surface area contributed by atoms with Crippen molar-refractivity contribution in [1.82, 2.24) is 10.2 Å². The normalized spacial score (nSPS) is 16.3. The molecular formula is C26H38N2O4. The maximum atomic E-state index is 12.8. The molecule has 6 nitrogen and oxygen atoms in total. The second kappa shape index (κ2) is 13.3. The number of ketones is 2. The minimum Gasteiger partial charge on any atom is -0.303 e. The lowest BCUT2D eigenvalue weighted by Crippen LogP contribution is -2.41. The number of piperidine rings is 1. The molecule has 32 heavy (non-hydrogen) atoms. The third-order valence-electron chi connectivity index (χ3n) is 6.07. The van der Waals surface area contributed by atoms with Crippen LogP contribution in [0.25, 0.3) is 0 Å². The van der Waals surface area contributed by atoms with Gasteiger partial charge in [-0.2, -0.15) is 0 Å². The molecule has 0 saturated carbocycles. The Morgan fingerprint density at radius 1 is 1.00 bits per heavy atom. The summed E-state index contributed by atoms with van der Waals surface area (Å²) in [6.07, 6.45) is 7.23. The first-order valence-corrected chi connectivity index (χ1v) is 12.1. The summed E-state index contributed by atoms with van der Waals surface area (Å²) >= 11 is 0. The SMILES string of the molecule is CCCN(CCC)CCCCCc1ccc(C(=O)CC2CCC(=O)NC2=O)c(C(C)=O)c1. The quantitative estimate of drug-likeness (QED) is 0.263. The molecule has 1 aromatic rings. The first-order chi connectivity index (χ1) is 15.3. The first kappa shape index (κ1) is 25.9. The molecule has 1 aliphatic heterocycles. The Balaban J connectivity index is 1.91. The van der Waals surface area contributed by atoms with Gasteiger partial charge in [-0.3, -0.25) is 24.5 Å². The van der Waals surface area contributed by atoms with E-state index in [1.807, 2.05) is 12.1 Å². The Hall–Kier alpha value is -2.34. The van der Waals surface area contributed by atoms with E-state index in [0.717, 1.165) is 44.5 Å². The lowest BCUT2D eigenvalue weighted by atomic mass is 9.88. The highest BCUT2D eigenvalue weighted by atomic mass is 16.2. The van der Waals surface area contributed by atoms with Crippen molar-refractivity contribution in [3.05, 3.63) is 34.9 Å². The summed E-state index contributed by atoms with van der Waals surface area (Å²) < 4.78 is 0. The Labute approximate surface area is 192 Å². The van der Waals surface area contributed by atoms with E-state index in [1.165, 1.54) is 26.2 Å². The lowest BCUT2D eigenvalue weighted by molar-refractivity contribution is -0.136. The van der Waals surface area contributed by atoms with E-state index < -0.39 is 11.8 Å². The highest BCUT2D eigenvalue weighted by Crippen LogP contribution is 2.22. The molecule has 1 N–H and O–H groups in total. The monoisotopic (exact) mass is 442 g/mol. The number of hydrogen-bond acceptors (Lipinski definition) is 5. The van der Waals surface area contributed by atoms with Crippen molar-refractivity contribution in [2.75, 3.05) is 19.6 Å². The van der Waals surface area contributed by atoms with E-state index >= 15 is 0 Å². The van der Waals surface area contributed by atoms with E-state index in [2.05, 4.69) is 24.1 Å². The summed E-state index contributed by atoms with van der Waals surface area (Å²) in [5, 5.41) is 2.29.